The minimum atomic E-state index is -2.36. The van der Waals surface area contributed by atoms with Gasteiger partial charge < -0.3 is 10.2 Å². The monoisotopic (exact) mass is 467 g/mol. The second-order valence-electron chi connectivity index (χ2n) is 9.27. The van der Waals surface area contributed by atoms with Gasteiger partial charge in [-0.05, 0) is 67.5 Å². The molecule has 6 nitrogen and oxygen atoms in total. The van der Waals surface area contributed by atoms with Crippen molar-refractivity contribution < 1.29 is 4.11 Å². The molecule has 1 atom stereocenters. The van der Waals surface area contributed by atoms with Crippen molar-refractivity contribution in [3.63, 3.8) is 0 Å². The molecule has 0 aliphatic carbocycles. The lowest BCUT2D eigenvalue weighted by molar-refractivity contribution is 0.264. The van der Waals surface area contributed by atoms with E-state index in [2.05, 4.69) is 74.5 Å². The van der Waals surface area contributed by atoms with Crippen LogP contribution in [0.5, 0.6) is 0 Å². The lowest BCUT2D eigenvalue weighted by Crippen LogP contribution is -2.31. The average molecular weight is 468 g/mol. The maximum absolute atomic E-state index is 7.63. The van der Waals surface area contributed by atoms with E-state index in [0.717, 1.165) is 41.9 Å². The Kier molecular flexibility index (Phi) is 5.81. The number of hydrogen-bond acceptors (Lipinski definition) is 6. The fourth-order valence-corrected chi connectivity index (χ4v) is 4.60. The van der Waals surface area contributed by atoms with E-state index in [0.29, 0.717) is 17.4 Å². The first-order valence-corrected chi connectivity index (χ1v) is 11.9. The van der Waals surface area contributed by atoms with Crippen molar-refractivity contribution in [2.24, 2.45) is 0 Å². The summed E-state index contributed by atoms with van der Waals surface area (Å²) in [5, 5.41) is 2.53. The minimum absolute atomic E-state index is 0.260. The van der Waals surface area contributed by atoms with Crippen LogP contribution in [-0.2, 0) is 6.54 Å². The fraction of sp³-hybridized carbons (Fsp3) is 0.276. The second kappa shape index (κ2) is 10.3. The van der Waals surface area contributed by atoms with E-state index >= 15 is 0 Å². The number of aromatic nitrogens is 3. The summed E-state index contributed by atoms with van der Waals surface area (Å²) in [6, 6.07) is 20.6. The maximum atomic E-state index is 7.63. The molecule has 4 heterocycles. The summed E-state index contributed by atoms with van der Waals surface area (Å²) in [5.41, 5.74) is 6.29. The lowest BCUT2D eigenvalue weighted by Gasteiger charge is -2.20. The molecule has 0 unspecified atom stereocenters. The maximum Gasteiger partial charge on any atom is 0.127 e. The SMILES string of the molecule is [2H]C([2H])([2H])Nc1cc(-c2cncc(-c3ccc(CN4CC[C@H](N(C)C)C4)cc3)c2)cc(-c2ccccn2)n1. The molecule has 0 bridgehead atoms. The van der Waals surface area contributed by atoms with Gasteiger partial charge in [0.15, 0.2) is 0 Å². The van der Waals surface area contributed by atoms with Crippen LogP contribution in [0.25, 0.3) is 33.6 Å². The highest BCUT2D eigenvalue weighted by Gasteiger charge is 2.23. The molecule has 0 spiro atoms. The van der Waals surface area contributed by atoms with E-state index in [9.17, 15) is 0 Å². The number of nitrogens with zero attached hydrogens (tertiary/aromatic N) is 5. The van der Waals surface area contributed by atoms with Crippen molar-refractivity contribution in [1.82, 2.24) is 24.8 Å². The number of likely N-dealkylation sites (N-methyl/N-ethyl adjacent to an activating group) is 1. The zero-order valence-electron chi connectivity index (χ0n) is 23.1. The van der Waals surface area contributed by atoms with E-state index in [4.69, 9.17) is 4.11 Å². The lowest BCUT2D eigenvalue weighted by atomic mass is 10.0. The Labute approximate surface area is 211 Å². The average Bonchev–Trinajstić information content (AvgIpc) is 3.37. The zero-order valence-corrected chi connectivity index (χ0v) is 20.1. The Bertz CT molecular complexity index is 1370. The van der Waals surface area contributed by atoms with Gasteiger partial charge in [-0.3, -0.25) is 14.9 Å². The van der Waals surface area contributed by atoms with Gasteiger partial charge in [0.05, 0.1) is 11.4 Å². The van der Waals surface area contributed by atoms with Crippen LogP contribution in [0.4, 0.5) is 5.82 Å². The topological polar surface area (TPSA) is 57.2 Å². The molecule has 1 aliphatic rings. The quantitative estimate of drug-likeness (QED) is 0.410. The predicted molar refractivity (Wildman–Crippen MR) is 143 cm³/mol. The smallest absolute Gasteiger partial charge is 0.127 e. The molecule has 1 saturated heterocycles. The summed E-state index contributed by atoms with van der Waals surface area (Å²) in [6.07, 6.45) is 6.53. The summed E-state index contributed by atoms with van der Waals surface area (Å²) in [6.45, 7) is 0.820. The number of nitrogens with one attached hydrogen (secondary N) is 1. The molecule has 0 amide bonds. The van der Waals surface area contributed by atoms with E-state index in [1.54, 1.807) is 18.5 Å². The highest BCUT2D eigenvalue weighted by molar-refractivity contribution is 5.76. The minimum Gasteiger partial charge on any atom is -0.373 e. The van der Waals surface area contributed by atoms with Gasteiger partial charge in [-0.15, -0.1) is 0 Å². The van der Waals surface area contributed by atoms with Gasteiger partial charge >= 0.3 is 0 Å². The number of pyridine rings is 3. The van der Waals surface area contributed by atoms with Crippen LogP contribution in [-0.4, -0.2) is 65.0 Å². The summed E-state index contributed by atoms with van der Waals surface area (Å²) < 4.78 is 22.9. The van der Waals surface area contributed by atoms with Crippen LogP contribution in [0.1, 0.15) is 16.1 Å². The number of benzene rings is 1. The van der Waals surface area contributed by atoms with Crippen LogP contribution in [0, 0.1) is 0 Å². The Balaban J connectivity index is 1.40. The van der Waals surface area contributed by atoms with Crippen molar-refractivity contribution >= 4 is 5.82 Å². The third kappa shape index (κ3) is 5.39. The Morgan fingerprint density at radius 2 is 1.80 bits per heavy atom. The Morgan fingerprint density at radius 1 is 0.971 bits per heavy atom. The first-order valence-electron chi connectivity index (χ1n) is 13.4. The third-order valence-electron chi connectivity index (χ3n) is 6.62. The van der Waals surface area contributed by atoms with Crippen LogP contribution < -0.4 is 5.32 Å². The zero-order chi connectivity index (χ0) is 26.7. The summed E-state index contributed by atoms with van der Waals surface area (Å²) in [5.74, 6) is 0.260. The molecule has 3 aromatic heterocycles. The van der Waals surface area contributed by atoms with Crippen molar-refractivity contribution in [3.05, 3.63) is 84.8 Å². The van der Waals surface area contributed by atoms with Gasteiger partial charge in [0.2, 0.25) is 0 Å². The molecule has 1 fully saturated rings. The van der Waals surface area contributed by atoms with Crippen LogP contribution in [0.2, 0.25) is 0 Å². The second-order valence-corrected chi connectivity index (χ2v) is 9.27. The van der Waals surface area contributed by atoms with Gasteiger partial charge in [0, 0.05) is 66.5 Å². The first kappa shape index (κ1) is 19.7. The Morgan fingerprint density at radius 3 is 2.51 bits per heavy atom. The van der Waals surface area contributed by atoms with Crippen LogP contribution in [0.15, 0.2) is 79.3 Å². The normalized spacial score (nSPS) is 17.7. The number of likely N-dealkylation sites (tertiary alicyclic amines) is 1. The fourth-order valence-electron chi connectivity index (χ4n) is 4.60. The molecule has 0 radical (unpaired) electrons. The van der Waals surface area contributed by atoms with Crippen molar-refractivity contribution in [2.45, 2.75) is 19.0 Å². The molecule has 5 rings (SSSR count). The molecule has 35 heavy (non-hydrogen) atoms. The summed E-state index contributed by atoms with van der Waals surface area (Å²) >= 11 is 0. The standard InChI is InChI=1S/C29H32N6/c1-30-29-16-23(15-28(33-29)27-6-4-5-12-32-27)25-14-24(17-31-18-25)22-9-7-21(8-10-22)19-35-13-11-26(20-35)34(2)3/h4-10,12,14-18,26H,11,13,19-20H2,1-3H3,(H,30,33)/t26-/m0/s1/i1D3. The van der Waals surface area contributed by atoms with Crippen LogP contribution >= 0.6 is 0 Å². The van der Waals surface area contributed by atoms with E-state index in [1.165, 1.54) is 12.0 Å². The summed E-state index contributed by atoms with van der Waals surface area (Å²) in [4.78, 5) is 18.2. The molecule has 1 aromatic carbocycles. The highest BCUT2D eigenvalue weighted by Crippen LogP contribution is 2.30. The Hall–Kier alpha value is -3.61. The van der Waals surface area contributed by atoms with Crippen molar-refractivity contribution in [3.8, 4) is 33.6 Å². The predicted octanol–water partition coefficient (Wildman–Crippen LogP) is 5.05. The molecule has 1 aliphatic heterocycles. The number of anilines is 1. The van der Waals surface area contributed by atoms with E-state index < -0.39 is 6.98 Å². The van der Waals surface area contributed by atoms with Gasteiger partial charge in [-0.1, -0.05) is 30.3 Å². The molecule has 0 saturated carbocycles. The molecular formula is C29H32N6. The number of rotatable bonds is 7. The van der Waals surface area contributed by atoms with Gasteiger partial charge in [-0.2, -0.15) is 0 Å². The van der Waals surface area contributed by atoms with E-state index in [1.807, 2.05) is 30.5 Å². The molecule has 1 N–H and O–H groups in total. The molecule has 6 heteroatoms. The van der Waals surface area contributed by atoms with Crippen LogP contribution in [0.3, 0.4) is 0 Å². The molecule has 4 aromatic rings. The first-order chi connectivity index (χ1) is 18.2. The summed E-state index contributed by atoms with van der Waals surface area (Å²) in [7, 11) is 4.31. The van der Waals surface area contributed by atoms with E-state index in [-0.39, 0.29) is 5.82 Å². The largest absolute Gasteiger partial charge is 0.373 e. The van der Waals surface area contributed by atoms with Gasteiger partial charge in [0.25, 0.3) is 0 Å². The number of hydrogen-bond donors (Lipinski definition) is 1. The molecular weight excluding hydrogens is 432 g/mol. The van der Waals surface area contributed by atoms with Gasteiger partial charge in [-0.25, -0.2) is 4.98 Å². The van der Waals surface area contributed by atoms with Gasteiger partial charge in [0.1, 0.15) is 5.82 Å². The van der Waals surface area contributed by atoms with Crippen molar-refractivity contribution in [2.75, 3.05) is 39.5 Å². The van der Waals surface area contributed by atoms with Crippen molar-refractivity contribution in [1.29, 1.82) is 0 Å². The highest BCUT2D eigenvalue weighted by atomic mass is 15.2. The third-order valence-corrected chi connectivity index (χ3v) is 6.62. The molecule has 178 valence electrons.